The molecule has 0 radical (unpaired) electrons. The van der Waals surface area contributed by atoms with E-state index in [1.165, 1.54) is 66.3 Å². The van der Waals surface area contributed by atoms with Crippen LogP contribution in [0.15, 0.2) is 174 Å². The van der Waals surface area contributed by atoms with E-state index in [2.05, 4.69) is 165 Å². The van der Waals surface area contributed by atoms with Gasteiger partial charge in [0.25, 0.3) is 0 Å². The molecule has 2 aliphatic rings. The molecular weight excluding hydrogens is 719 g/mol. The van der Waals surface area contributed by atoms with E-state index in [9.17, 15) is 0 Å². The Balaban J connectivity index is 1.01. The highest BCUT2D eigenvalue weighted by Gasteiger charge is 2.42. The fourth-order valence-corrected chi connectivity index (χ4v) is 10.5. The molecule has 2 bridgehead atoms. The highest BCUT2D eigenvalue weighted by Crippen LogP contribution is 2.52. The van der Waals surface area contributed by atoms with Crippen LogP contribution in [0.1, 0.15) is 51.0 Å². The SMILES string of the molecule is CC1CC2CCCC(c3ccc(-c4cccc5oc6c(-c7nc(-c8ccc(-c9ccccc9)cc8)nc(-c8ccc(-c9ccccc9)cc8)n7)cccc6c45)cc3)(C1)C2. The number of rotatable bonds is 7. The summed E-state index contributed by atoms with van der Waals surface area (Å²) < 4.78 is 6.80. The summed E-state index contributed by atoms with van der Waals surface area (Å²) in [5.41, 5.74) is 13.2. The monoisotopic (exact) mass is 763 g/mol. The Bertz CT molecular complexity index is 2830. The van der Waals surface area contributed by atoms with Crippen LogP contribution in [-0.2, 0) is 5.41 Å². The van der Waals surface area contributed by atoms with Crippen LogP contribution in [0.2, 0.25) is 0 Å². The molecule has 2 heterocycles. The standard InChI is InChI=1S/C55H45N3O/c1-36-33-37-11-10-32-55(34-36,35-37)45-30-28-42(29-31-45)46-16-9-19-49-50(46)47-17-8-18-48(51(47)59-49)54-57-52(43-24-20-40(21-25-43)38-12-4-2-5-13-38)56-53(58-54)44-26-22-41(23-27-44)39-14-6-3-7-15-39/h2-9,12-31,36-37H,10-11,32-35H2,1H3. The van der Waals surface area contributed by atoms with Gasteiger partial charge in [0.05, 0.1) is 5.56 Å². The fourth-order valence-electron chi connectivity index (χ4n) is 10.5. The lowest BCUT2D eigenvalue weighted by Crippen LogP contribution is -2.39. The minimum absolute atomic E-state index is 0.332. The highest BCUT2D eigenvalue weighted by molar-refractivity contribution is 6.15. The van der Waals surface area contributed by atoms with Crippen molar-refractivity contribution in [2.75, 3.05) is 0 Å². The highest BCUT2D eigenvalue weighted by atomic mass is 16.3. The second-order valence-electron chi connectivity index (χ2n) is 17.0. The van der Waals surface area contributed by atoms with Crippen molar-refractivity contribution in [2.45, 2.75) is 50.9 Å². The van der Waals surface area contributed by atoms with Crippen molar-refractivity contribution in [1.29, 1.82) is 0 Å². The first kappa shape index (κ1) is 35.5. The smallest absolute Gasteiger partial charge is 0.167 e. The Kier molecular flexibility index (Phi) is 8.80. The topological polar surface area (TPSA) is 51.8 Å². The van der Waals surface area contributed by atoms with E-state index in [0.29, 0.717) is 22.9 Å². The zero-order valence-electron chi connectivity index (χ0n) is 33.3. The largest absolute Gasteiger partial charge is 0.455 e. The number of furan rings is 1. The third kappa shape index (κ3) is 6.53. The first-order chi connectivity index (χ1) is 29.1. The fraction of sp³-hybridized carbons (Fsp3) is 0.182. The molecule has 3 unspecified atom stereocenters. The van der Waals surface area contributed by atoms with Gasteiger partial charge in [-0.3, -0.25) is 0 Å². The molecule has 0 N–H and O–H groups in total. The zero-order chi connectivity index (χ0) is 39.3. The molecule has 2 aromatic heterocycles. The van der Waals surface area contributed by atoms with E-state index < -0.39 is 0 Å². The Hall–Kier alpha value is -6.65. The number of benzene rings is 7. The van der Waals surface area contributed by atoms with Gasteiger partial charge in [-0.15, -0.1) is 0 Å². The van der Waals surface area contributed by atoms with Crippen LogP contribution in [0.3, 0.4) is 0 Å². The Morgan fingerprint density at radius 2 is 1.03 bits per heavy atom. The number of fused-ring (bicyclic) bond motifs is 5. The van der Waals surface area contributed by atoms with Crippen molar-refractivity contribution < 1.29 is 4.42 Å². The van der Waals surface area contributed by atoms with E-state index in [1.54, 1.807) is 0 Å². The number of aromatic nitrogens is 3. The quantitative estimate of drug-likeness (QED) is 0.162. The molecule has 0 saturated heterocycles. The lowest BCUT2D eigenvalue weighted by molar-refractivity contribution is 0.110. The summed E-state index contributed by atoms with van der Waals surface area (Å²) in [6.45, 7) is 2.46. The third-order valence-corrected chi connectivity index (χ3v) is 13.1. The molecule has 4 nitrogen and oxygen atoms in total. The molecule has 3 atom stereocenters. The van der Waals surface area contributed by atoms with Crippen LogP contribution in [-0.4, -0.2) is 15.0 Å². The van der Waals surface area contributed by atoms with E-state index >= 15 is 0 Å². The normalized spacial score (nSPS) is 18.9. The zero-order valence-corrected chi connectivity index (χ0v) is 33.3. The average molecular weight is 764 g/mol. The molecule has 2 saturated carbocycles. The van der Waals surface area contributed by atoms with Gasteiger partial charge in [0, 0.05) is 21.9 Å². The molecule has 286 valence electrons. The summed E-state index contributed by atoms with van der Waals surface area (Å²) in [6.07, 6.45) is 8.13. The molecule has 0 spiro atoms. The summed E-state index contributed by atoms with van der Waals surface area (Å²) in [6, 6.07) is 60.1. The maximum atomic E-state index is 6.80. The Labute approximate surface area is 345 Å². The summed E-state index contributed by atoms with van der Waals surface area (Å²) >= 11 is 0. The second kappa shape index (κ2) is 14.6. The van der Waals surface area contributed by atoms with Crippen LogP contribution >= 0.6 is 0 Å². The molecule has 0 aliphatic heterocycles. The van der Waals surface area contributed by atoms with Gasteiger partial charge in [-0.05, 0) is 94.0 Å². The lowest BCUT2D eigenvalue weighted by atomic mass is 9.57. The van der Waals surface area contributed by atoms with Crippen LogP contribution in [0.25, 0.3) is 89.5 Å². The number of hydrogen-bond donors (Lipinski definition) is 0. The second-order valence-corrected chi connectivity index (χ2v) is 17.0. The molecule has 0 amide bonds. The van der Waals surface area contributed by atoms with Crippen LogP contribution in [0, 0.1) is 11.8 Å². The summed E-state index contributed by atoms with van der Waals surface area (Å²) in [5, 5.41) is 2.16. The lowest BCUT2D eigenvalue weighted by Gasteiger charge is -2.48. The van der Waals surface area contributed by atoms with Crippen LogP contribution < -0.4 is 0 Å². The molecule has 2 aliphatic carbocycles. The Morgan fingerprint density at radius 1 is 0.492 bits per heavy atom. The number of para-hydroxylation sites is 1. The maximum Gasteiger partial charge on any atom is 0.167 e. The van der Waals surface area contributed by atoms with Gasteiger partial charge in [-0.1, -0.05) is 177 Å². The van der Waals surface area contributed by atoms with Crippen molar-refractivity contribution in [3.63, 3.8) is 0 Å². The van der Waals surface area contributed by atoms with E-state index in [0.717, 1.165) is 61.6 Å². The molecule has 59 heavy (non-hydrogen) atoms. The van der Waals surface area contributed by atoms with Gasteiger partial charge < -0.3 is 4.42 Å². The van der Waals surface area contributed by atoms with E-state index in [4.69, 9.17) is 19.4 Å². The minimum Gasteiger partial charge on any atom is -0.455 e. The van der Waals surface area contributed by atoms with Gasteiger partial charge in [-0.2, -0.15) is 0 Å². The third-order valence-electron chi connectivity index (χ3n) is 13.1. The summed E-state index contributed by atoms with van der Waals surface area (Å²) in [4.78, 5) is 15.4. The predicted octanol–water partition coefficient (Wildman–Crippen LogP) is 14.6. The molecule has 11 rings (SSSR count). The van der Waals surface area contributed by atoms with Crippen molar-refractivity contribution in [3.05, 3.63) is 175 Å². The van der Waals surface area contributed by atoms with Crippen molar-refractivity contribution >= 4 is 21.9 Å². The van der Waals surface area contributed by atoms with E-state index in [1.807, 2.05) is 12.1 Å². The van der Waals surface area contributed by atoms with Gasteiger partial charge in [0.1, 0.15) is 11.2 Å². The molecular formula is C55H45N3O. The van der Waals surface area contributed by atoms with Gasteiger partial charge in [-0.25, -0.2) is 15.0 Å². The van der Waals surface area contributed by atoms with Gasteiger partial charge in [0.2, 0.25) is 0 Å². The minimum atomic E-state index is 0.332. The Morgan fingerprint density at radius 3 is 1.68 bits per heavy atom. The average Bonchev–Trinajstić information content (AvgIpc) is 3.69. The van der Waals surface area contributed by atoms with Crippen LogP contribution in [0.5, 0.6) is 0 Å². The van der Waals surface area contributed by atoms with Gasteiger partial charge in [0.15, 0.2) is 17.5 Å². The molecule has 9 aromatic rings. The summed E-state index contributed by atoms with van der Waals surface area (Å²) in [5.74, 6) is 3.48. The van der Waals surface area contributed by atoms with Crippen molar-refractivity contribution in [1.82, 2.24) is 15.0 Å². The predicted molar refractivity (Wildman–Crippen MR) is 242 cm³/mol. The van der Waals surface area contributed by atoms with Crippen LogP contribution in [0.4, 0.5) is 0 Å². The van der Waals surface area contributed by atoms with E-state index in [-0.39, 0.29) is 0 Å². The first-order valence-corrected chi connectivity index (χ1v) is 21.2. The number of hydrogen-bond acceptors (Lipinski definition) is 4. The first-order valence-electron chi connectivity index (χ1n) is 21.2. The maximum absolute atomic E-state index is 6.80. The molecule has 2 fully saturated rings. The van der Waals surface area contributed by atoms with Gasteiger partial charge >= 0.3 is 0 Å². The molecule has 4 heteroatoms. The molecule has 7 aromatic carbocycles. The number of nitrogens with zero attached hydrogens (tertiary/aromatic N) is 3. The summed E-state index contributed by atoms with van der Waals surface area (Å²) in [7, 11) is 0. The van der Waals surface area contributed by atoms with Crippen molar-refractivity contribution in [3.8, 4) is 67.5 Å². The van der Waals surface area contributed by atoms with Crippen molar-refractivity contribution in [2.24, 2.45) is 11.8 Å².